The van der Waals surface area contributed by atoms with Crippen molar-refractivity contribution in [1.82, 2.24) is 5.32 Å². The third-order valence-electron chi connectivity index (χ3n) is 1.92. The first-order chi connectivity index (χ1) is 7.68. The van der Waals surface area contributed by atoms with Gasteiger partial charge >= 0.3 is 6.09 Å². The van der Waals surface area contributed by atoms with E-state index in [1.165, 1.54) is 6.20 Å². The van der Waals surface area contributed by atoms with E-state index in [0.29, 0.717) is 18.3 Å². The average Bonchev–Trinajstić information content (AvgIpc) is 2.70. The van der Waals surface area contributed by atoms with Gasteiger partial charge in [0.25, 0.3) is 0 Å². The third kappa shape index (κ3) is 5.24. The fraction of sp³-hybridized carbons (Fsp3) is 0.417. The highest BCUT2D eigenvalue weighted by Crippen LogP contribution is 2.01. The van der Waals surface area contributed by atoms with Crippen molar-refractivity contribution in [3.63, 3.8) is 0 Å². The fourth-order valence-electron chi connectivity index (χ4n) is 1.01. The van der Waals surface area contributed by atoms with Gasteiger partial charge in [0.15, 0.2) is 0 Å². The molecular formula is C12H17NO3. The van der Waals surface area contributed by atoms with Crippen molar-refractivity contribution in [2.75, 3.05) is 6.61 Å². The number of amides is 1. The van der Waals surface area contributed by atoms with Gasteiger partial charge in [-0.2, -0.15) is 0 Å². The topological polar surface area (TPSA) is 51.5 Å². The molecule has 0 aliphatic rings. The van der Waals surface area contributed by atoms with Crippen LogP contribution in [0.3, 0.4) is 0 Å². The van der Waals surface area contributed by atoms with Crippen LogP contribution in [-0.2, 0) is 4.74 Å². The number of carbonyl (C=O) groups is 1. The van der Waals surface area contributed by atoms with Crippen LogP contribution in [0.2, 0.25) is 0 Å². The Morgan fingerprint density at radius 1 is 1.62 bits per heavy atom. The van der Waals surface area contributed by atoms with Crippen LogP contribution in [0, 0.1) is 5.92 Å². The summed E-state index contributed by atoms with van der Waals surface area (Å²) in [6, 6.07) is 3.57. The molecule has 0 atom stereocenters. The monoisotopic (exact) mass is 223 g/mol. The van der Waals surface area contributed by atoms with Gasteiger partial charge in [-0.3, -0.25) is 5.32 Å². The standard InChI is InChI=1S/C12H17NO3/c1-10(2)6-9-16-12(14)13-7-5-11-4-3-8-15-11/h3-5,7-8,10H,6,9H2,1-2H3,(H,13,14)/b7-5+. The highest BCUT2D eigenvalue weighted by atomic mass is 16.5. The van der Waals surface area contributed by atoms with Crippen LogP contribution < -0.4 is 5.32 Å². The smallest absolute Gasteiger partial charge is 0.411 e. The molecule has 0 saturated heterocycles. The van der Waals surface area contributed by atoms with Crippen molar-refractivity contribution in [1.29, 1.82) is 0 Å². The van der Waals surface area contributed by atoms with Gasteiger partial charge in [-0.25, -0.2) is 4.79 Å². The maximum Gasteiger partial charge on any atom is 0.411 e. The molecule has 1 aromatic heterocycles. The lowest BCUT2D eigenvalue weighted by atomic mass is 10.1. The third-order valence-corrected chi connectivity index (χ3v) is 1.92. The molecule has 1 amide bonds. The van der Waals surface area contributed by atoms with Gasteiger partial charge in [-0.1, -0.05) is 13.8 Å². The van der Waals surface area contributed by atoms with Gasteiger partial charge in [-0.05, 0) is 30.5 Å². The minimum absolute atomic E-state index is 0.441. The Hall–Kier alpha value is -1.71. The van der Waals surface area contributed by atoms with Gasteiger partial charge < -0.3 is 9.15 Å². The Labute approximate surface area is 95.3 Å². The molecule has 0 spiro atoms. The highest BCUT2D eigenvalue weighted by molar-refractivity contribution is 5.69. The predicted molar refractivity (Wildman–Crippen MR) is 61.7 cm³/mol. The Morgan fingerprint density at radius 3 is 3.06 bits per heavy atom. The van der Waals surface area contributed by atoms with E-state index in [1.807, 2.05) is 0 Å². The van der Waals surface area contributed by atoms with Crippen LogP contribution >= 0.6 is 0 Å². The summed E-state index contributed by atoms with van der Waals surface area (Å²) in [5.74, 6) is 1.22. The number of ether oxygens (including phenoxy) is 1. The molecule has 0 fully saturated rings. The zero-order chi connectivity index (χ0) is 11.8. The minimum atomic E-state index is -0.441. The summed E-state index contributed by atoms with van der Waals surface area (Å²) in [4.78, 5) is 11.1. The molecule has 0 saturated carbocycles. The van der Waals surface area contributed by atoms with E-state index >= 15 is 0 Å². The SMILES string of the molecule is CC(C)CCOC(=O)N/C=C/c1ccco1. The van der Waals surface area contributed by atoms with Crippen molar-refractivity contribution in [2.45, 2.75) is 20.3 Å². The number of furan rings is 1. The number of nitrogens with one attached hydrogen (secondary N) is 1. The van der Waals surface area contributed by atoms with Crippen LogP contribution in [0.4, 0.5) is 4.79 Å². The van der Waals surface area contributed by atoms with E-state index < -0.39 is 6.09 Å². The van der Waals surface area contributed by atoms with E-state index in [1.54, 1.807) is 24.5 Å². The van der Waals surface area contributed by atoms with Crippen LogP contribution in [0.5, 0.6) is 0 Å². The van der Waals surface area contributed by atoms with Gasteiger partial charge in [0.05, 0.1) is 12.9 Å². The summed E-state index contributed by atoms with van der Waals surface area (Å²) in [6.07, 6.45) is 5.15. The molecule has 0 aromatic carbocycles. The Morgan fingerprint density at radius 2 is 2.44 bits per heavy atom. The zero-order valence-corrected chi connectivity index (χ0v) is 9.60. The lowest BCUT2D eigenvalue weighted by Crippen LogP contribution is -2.19. The molecule has 0 aliphatic carbocycles. The van der Waals surface area contributed by atoms with E-state index in [0.717, 1.165) is 6.42 Å². The quantitative estimate of drug-likeness (QED) is 0.834. The van der Waals surface area contributed by atoms with Gasteiger partial charge in [-0.15, -0.1) is 0 Å². The molecule has 1 aromatic rings. The summed E-state index contributed by atoms with van der Waals surface area (Å²) in [6.45, 7) is 4.61. The number of hydrogen-bond acceptors (Lipinski definition) is 3. The maximum atomic E-state index is 11.1. The van der Waals surface area contributed by atoms with E-state index in [2.05, 4.69) is 19.2 Å². The summed E-state index contributed by atoms with van der Waals surface area (Å²) in [7, 11) is 0. The van der Waals surface area contributed by atoms with Gasteiger partial charge in [0.1, 0.15) is 5.76 Å². The molecular weight excluding hydrogens is 206 g/mol. The molecule has 1 N–H and O–H groups in total. The Kier molecular flexibility index (Phi) is 5.19. The summed E-state index contributed by atoms with van der Waals surface area (Å²) in [5.41, 5.74) is 0. The first kappa shape index (κ1) is 12.4. The molecule has 1 rings (SSSR count). The second-order valence-corrected chi connectivity index (χ2v) is 3.81. The van der Waals surface area contributed by atoms with Gasteiger partial charge in [0, 0.05) is 6.20 Å². The first-order valence-electron chi connectivity index (χ1n) is 5.32. The lowest BCUT2D eigenvalue weighted by Gasteiger charge is -2.05. The van der Waals surface area contributed by atoms with E-state index in [-0.39, 0.29) is 0 Å². The highest BCUT2D eigenvalue weighted by Gasteiger charge is 1.99. The molecule has 88 valence electrons. The normalized spacial score (nSPS) is 10.9. The average molecular weight is 223 g/mol. The maximum absolute atomic E-state index is 11.1. The molecule has 0 bridgehead atoms. The molecule has 0 radical (unpaired) electrons. The molecule has 4 heteroatoms. The van der Waals surface area contributed by atoms with Crippen LogP contribution in [-0.4, -0.2) is 12.7 Å². The summed E-state index contributed by atoms with van der Waals surface area (Å²) < 4.78 is 9.99. The molecule has 1 heterocycles. The van der Waals surface area contributed by atoms with Gasteiger partial charge in [0.2, 0.25) is 0 Å². The first-order valence-corrected chi connectivity index (χ1v) is 5.32. The predicted octanol–water partition coefficient (Wildman–Crippen LogP) is 3.02. The Bertz CT molecular complexity index is 328. The van der Waals surface area contributed by atoms with E-state index in [4.69, 9.17) is 9.15 Å². The summed E-state index contributed by atoms with van der Waals surface area (Å²) in [5, 5.41) is 2.49. The second kappa shape index (κ2) is 6.71. The Balaban J connectivity index is 2.15. The van der Waals surface area contributed by atoms with Crippen molar-refractivity contribution >= 4 is 12.2 Å². The molecule has 4 nitrogen and oxygen atoms in total. The van der Waals surface area contributed by atoms with Crippen LogP contribution in [0.15, 0.2) is 29.0 Å². The number of hydrogen-bond donors (Lipinski definition) is 1. The minimum Gasteiger partial charge on any atom is -0.465 e. The van der Waals surface area contributed by atoms with Crippen molar-refractivity contribution in [3.05, 3.63) is 30.4 Å². The van der Waals surface area contributed by atoms with Crippen LogP contribution in [0.1, 0.15) is 26.0 Å². The fourth-order valence-corrected chi connectivity index (χ4v) is 1.01. The molecule has 0 unspecified atom stereocenters. The number of rotatable bonds is 5. The van der Waals surface area contributed by atoms with E-state index in [9.17, 15) is 4.79 Å². The summed E-state index contributed by atoms with van der Waals surface area (Å²) >= 11 is 0. The molecule has 0 aliphatic heterocycles. The number of alkyl carbamates (subject to hydrolysis) is 1. The van der Waals surface area contributed by atoms with Crippen molar-refractivity contribution in [2.24, 2.45) is 5.92 Å². The van der Waals surface area contributed by atoms with Crippen molar-refractivity contribution < 1.29 is 13.9 Å². The zero-order valence-electron chi connectivity index (χ0n) is 9.60. The van der Waals surface area contributed by atoms with Crippen molar-refractivity contribution in [3.8, 4) is 0 Å². The second-order valence-electron chi connectivity index (χ2n) is 3.81. The number of carbonyl (C=O) groups excluding carboxylic acids is 1. The lowest BCUT2D eigenvalue weighted by molar-refractivity contribution is 0.144. The largest absolute Gasteiger partial charge is 0.465 e. The van der Waals surface area contributed by atoms with Crippen LogP contribution in [0.25, 0.3) is 6.08 Å². The molecule has 16 heavy (non-hydrogen) atoms.